The van der Waals surface area contributed by atoms with E-state index in [0.717, 1.165) is 25.2 Å². The Labute approximate surface area is 96.0 Å². The lowest BCUT2D eigenvalue weighted by atomic mass is 10.0. The number of nitrogens with two attached hydrogens (primary N) is 1. The molecule has 1 rings (SSSR count). The molecule has 90 valence electrons. The van der Waals surface area contributed by atoms with Crippen LogP contribution < -0.4 is 5.73 Å². The normalized spacial score (nSPS) is 12.7. The maximum absolute atomic E-state index is 11.7. The van der Waals surface area contributed by atoms with Crippen molar-refractivity contribution in [3.63, 3.8) is 0 Å². The molecule has 2 N–H and O–H groups in total. The van der Waals surface area contributed by atoms with E-state index in [1.165, 1.54) is 6.33 Å². The largest absolute Gasteiger partial charge is 0.327 e. The van der Waals surface area contributed by atoms with Crippen molar-refractivity contribution in [2.24, 2.45) is 5.73 Å². The average Bonchev–Trinajstić information content (AvgIpc) is 2.65. The molecular weight excluding hydrogens is 204 g/mol. The maximum atomic E-state index is 11.7. The van der Waals surface area contributed by atoms with Crippen molar-refractivity contribution in [2.75, 3.05) is 0 Å². The lowest BCUT2D eigenvalue weighted by Gasteiger charge is -2.08. The molecule has 0 bridgehead atoms. The molecule has 0 aliphatic rings. The van der Waals surface area contributed by atoms with Gasteiger partial charge in [-0.15, -0.1) is 0 Å². The summed E-state index contributed by atoms with van der Waals surface area (Å²) >= 11 is 0. The van der Waals surface area contributed by atoms with Crippen LogP contribution >= 0.6 is 0 Å². The SMILES string of the molecule is CCCC(N)CC(=O)Cc1ncnn1CC. The summed E-state index contributed by atoms with van der Waals surface area (Å²) in [6, 6.07) is -0.0181. The molecule has 0 saturated heterocycles. The van der Waals surface area contributed by atoms with Gasteiger partial charge in [-0.3, -0.25) is 4.79 Å². The molecule has 0 radical (unpaired) electrons. The van der Waals surface area contributed by atoms with Crippen molar-refractivity contribution < 1.29 is 4.79 Å². The monoisotopic (exact) mass is 224 g/mol. The first kappa shape index (κ1) is 12.8. The summed E-state index contributed by atoms with van der Waals surface area (Å²) in [6.07, 6.45) is 4.17. The van der Waals surface area contributed by atoms with E-state index in [9.17, 15) is 4.79 Å². The maximum Gasteiger partial charge on any atom is 0.142 e. The molecule has 0 aliphatic carbocycles. The minimum atomic E-state index is -0.0181. The van der Waals surface area contributed by atoms with Gasteiger partial charge in [0, 0.05) is 19.0 Å². The molecule has 0 aliphatic heterocycles. The van der Waals surface area contributed by atoms with E-state index in [1.54, 1.807) is 4.68 Å². The minimum Gasteiger partial charge on any atom is -0.327 e. The van der Waals surface area contributed by atoms with Crippen LogP contribution in [0.15, 0.2) is 6.33 Å². The predicted molar refractivity (Wildman–Crippen MR) is 61.9 cm³/mol. The zero-order valence-corrected chi connectivity index (χ0v) is 10.0. The molecule has 0 spiro atoms. The molecule has 1 aromatic rings. The Hall–Kier alpha value is -1.23. The standard InChI is InChI=1S/C11H20N4O/c1-3-5-9(12)6-10(16)7-11-13-8-14-15(11)4-2/h8-9H,3-7,12H2,1-2H3. The van der Waals surface area contributed by atoms with Crippen LogP contribution in [0.4, 0.5) is 0 Å². The van der Waals surface area contributed by atoms with Gasteiger partial charge in [-0.05, 0) is 13.3 Å². The average molecular weight is 224 g/mol. The Bertz CT molecular complexity index is 334. The third kappa shape index (κ3) is 3.73. The van der Waals surface area contributed by atoms with Crippen LogP contribution in [-0.2, 0) is 17.8 Å². The van der Waals surface area contributed by atoms with Gasteiger partial charge in [0.2, 0.25) is 0 Å². The van der Waals surface area contributed by atoms with E-state index >= 15 is 0 Å². The van der Waals surface area contributed by atoms with E-state index in [2.05, 4.69) is 17.0 Å². The molecular formula is C11H20N4O. The molecule has 0 aromatic carbocycles. The summed E-state index contributed by atoms with van der Waals surface area (Å²) in [4.78, 5) is 15.8. The Morgan fingerprint density at radius 2 is 2.31 bits per heavy atom. The number of nitrogens with zero attached hydrogens (tertiary/aromatic N) is 3. The van der Waals surface area contributed by atoms with Crippen molar-refractivity contribution in [2.45, 2.75) is 52.1 Å². The number of Topliss-reactive ketones (excluding diaryl/α,β-unsaturated/α-hetero) is 1. The number of carbonyl (C=O) groups excluding carboxylic acids is 1. The smallest absolute Gasteiger partial charge is 0.142 e. The highest BCUT2D eigenvalue weighted by Gasteiger charge is 2.12. The van der Waals surface area contributed by atoms with Crippen LogP contribution in [0, 0.1) is 0 Å². The van der Waals surface area contributed by atoms with Crippen molar-refractivity contribution in [1.29, 1.82) is 0 Å². The second-order valence-electron chi connectivity index (χ2n) is 3.96. The fraction of sp³-hybridized carbons (Fsp3) is 0.727. The van der Waals surface area contributed by atoms with Gasteiger partial charge in [0.25, 0.3) is 0 Å². The lowest BCUT2D eigenvalue weighted by molar-refractivity contribution is -0.118. The van der Waals surface area contributed by atoms with E-state index in [-0.39, 0.29) is 11.8 Å². The lowest BCUT2D eigenvalue weighted by Crippen LogP contribution is -2.25. The Morgan fingerprint density at radius 3 is 2.94 bits per heavy atom. The quantitative estimate of drug-likeness (QED) is 0.747. The highest BCUT2D eigenvalue weighted by atomic mass is 16.1. The summed E-state index contributed by atoms with van der Waals surface area (Å²) in [6.45, 7) is 4.78. The number of aryl methyl sites for hydroxylation is 1. The molecule has 0 amide bonds. The summed E-state index contributed by atoms with van der Waals surface area (Å²) < 4.78 is 1.74. The predicted octanol–water partition coefficient (Wildman–Crippen LogP) is 0.927. The molecule has 16 heavy (non-hydrogen) atoms. The molecule has 1 aromatic heterocycles. The van der Waals surface area contributed by atoms with Crippen molar-refractivity contribution in [3.8, 4) is 0 Å². The van der Waals surface area contributed by atoms with E-state index < -0.39 is 0 Å². The van der Waals surface area contributed by atoms with Gasteiger partial charge in [0.1, 0.15) is 17.9 Å². The summed E-state index contributed by atoms with van der Waals surface area (Å²) in [5, 5.41) is 4.03. The van der Waals surface area contributed by atoms with Crippen molar-refractivity contribution in [3.05, 3.63) is 12.2 Å². The molecule has 1 atom stereocenters. The van der Waals surface area contributed by atoms with Crippen molar-refractivity contribution in [1.82, 2.24) is 14.8 Å². The van der Waals surface area contributed by atoms with Gasteiger partial charge in [-0.1, -0.05) is 13.3 Å². The van der Waals surface area contributed by atoms with Gasteiger partial charge in [0.15, 0.2) is 0 Å². The van der Waals surface area contributed by atoms with Gasteiger partial charge in [0.05, 0.1) is 6.42 Å². The molecule has 1 unspecified atom stereocenters. The Morgan fingerprint density at radius 1 is 1.56 bits per heavy atom. The van der Waals surface area contributed by atoms with Crippen LogP contribution in [0.3, 0.4) is 0 Å². The van der Waals surface area contributed by atoms with Gasteiger partial charge < -0.3 is 5.73 Å². The minimum absolute atomic E-state index is 0.0181. The number of hydrogen-bond donors (Lipinski definition) is 1. The fourth-order valence-corrected chi connectivity index (χ4v) is 1.70. The first-order chi connectivity index (χ1) is 7.67. The van der Waals surface area contributed by atoms with Gasteiger partial charge in [-0.25, -0.2) is 9.67 Å². The first-order valence-electron chi connectivity index (χ1n) is 5.81. The van der Waals surface area contributed by atoms with E-state index in [0.29, 0.717) is 12.8 Å². The van der Waals surface area contributed by atoms with Crippen LogP contribution in [0.1, 0.15) is 38.9 Å². The molecule has 0 saturated carbocycles. The Kier molecular flexibility index (Phi) is 5.11. The summed E-state index contributed by atoms with van der Waals surface area (Å²) in [5.74, 6) is 0.875. The molecule has 0 fully saturated rings. The Balaban J connectivity index is 2.45. The molecule has 5 nitrogen and oxygen atoms in total. The number of rotatable bonds is 7. The highest BCUT2D eigenvalue weighted by Crippen LogP contribution is 2.03. The zero-order chi connectivity index (χ0) is 12.0. The number of aromatic nitrogens is 3. The topological polar surface area (TPSA) is 73.8 Å². The van der Waals surface area contributed by atoms with Crippen LogP contribution in [0.2, 0.25) is 0 Å². The third-order valence-corrected chi connectivity index (χ3v) is 2.50. The fourth-order valence-electron chi connectivity index (χ4n) is 1.70. The second kappa shape index (κ2) is 6.37. The van der Waals surface area contributed by atoms with Gasteiger partial charge >= 0.3 is 0 Å². The second-order valence-corrected chi connectivity index (χ2v) is 3.96. The summed E-state index contributed by atoms with van der Waals surface area (Å²) in [5.41, 5.74) is 5.82. The highest BCUT2D eigenvalue weighted by molar-refractivity contribution is 5.80. The van der Waals surface area contributed by atoms with E-state index in [4.69, 9.17) is 5.73 Å². The van der Waals surface area contributed by atoms with E-state index in [1.807, 2.05) is 6.92 Å². The first-order valence-corrected chi connectivity index (χ1v) is 5.81. The van der Waals surface area contributed by atoms with Gasteiger partial charge in [-0.2, -0.15) is 5.10 Å². The molecule has 1 heterocycles. The van der Waals surface area contributed by atoms with Crippen LogP contribution in [0.25, 0.3) is 0 Å². The number of ketones is 1. The number of carbonyl (C=O) groups is 1. The summed E-state index contributed by atoms with van der Waals surface area (Å²) in [7, 11) is 0. The molecule has 5 heteroatoms. The zero-order valence-electron chi connectivity index (χ0n) is 10.0. The van der Waals surface area contributed by atoms with Crippen molar-refractivity contribution >= 4 is 5.78 Å². The van der Waals surface area contributed by atoms with Crippen LogP contribution in [0.5, 0.6) is 0 Å². The third-order valence-electron chi connectivity index (χ3n) is 2.50. The number of hydrogen-bond acceptors (Lipinski definition) is 4. The van der Waals surface area contributed by atoms with Crippen LogP contribution in [-0.4, -0.2) is 26.6 Å².